The molecule has 3 N–H and O–H groups in total. The van der Waals surface area contributed by atoms with E-state index in [4.69, 9.17) is 5.73 Å². The van der Waals surface area contributed by atoms with Crippen LogP contribution in [0.4, 0.5) is 10.7 Å². The van der Waals surface area contributed by atoms with Crippen LogP contribution in [0.5, 0.6) is 0 Å². The molecule has 0 fully saturated rings. The van der Waals surface area contributed by atoms with E-state index < -0.39 is 0 Å². The molecule has 6 heteroatoms. The van der Waals surface area contributed by atoms with Crippen LogP contribution < -0.4 is 11.1 Å². The van der Waals surface area contributed by atoms with Crippen LogP contribution in [0.1, 0.15) is 28.4 Å². The number of nitrogens with two attached hydrogens (primary N) is 1. The van der Waals surface area contributed by atoms with Crippen LogP contribution >= 0.6 is 0 Å². The first-order valence-electron chi connectivity index (χ1n) is 8.96. The lowest BCUT2D eigenvalue weighted by molar-refractivity contribution is 0.189. The van der Waals surface area contributed by atoms with Crippen molar-refractivity contribution in [3.05, 3.63) is 89.2 Å². The SMILES string of the molecule is Nc1ncc2c(n1)CN(C(=O)NC(c1ccccc1)c1ccccc1)CC2. The first-order chi connectivity index (χ1) is 13.2. The Bertz CT molecular complexity index is 890. The molecule has 136 valence electrons. The van der Waals surface area contributed by atoms with Crippen molar-refractivity contribution < 1.29 is 4.79 Å². The summed E-state index contributed by atoms with van der Waals surface area (Å²) in [6.45, 7) is 1.06. The molecule has 4 rings (SSSR count). The molecule has 0 saturated carbocycles. The van der Waals surface area contributed by atoms with E-state index in [-0.39, 0.29) is 18.0 Å². The van der Waals surface area contributed by atoms with E-state index in [1.54, 1.807) is 11.1 Å². The summed E-state index contributed by atoms with van der Waals surface area (Å²) in [5, 5.41) is 3.18. The fourth-order valence-electron chi connectivity index (χ4n) is 3.36. The summed E-state index contributed by atoms with van der Waals surface area (Å²) in [5.41, 5.74) is 9.65. The Balaban J connectivity index is 1.56. The molecule has 6 nitrogen and oxygen atoms in total. The summed E-state index contributed by atoms with van der Waals surface area (Å²) in [5.74, 6) is 0.238. The van der Waals surface area contributed by atoms with Gasteiger partial charge in [-0.2, -0.15) is 0 Å². The van der Waals surface area contributed by atoms with Gasteiger partial charge in [-0.15, -0.1) is 0 Å². The van der Waals surface area contributed by atoms with E-state index in [1.165, 1.54) is 0 Å². The van der Waals surface area contributed by atoms with E-state index in [9.17, 15) is 4.79 Å². The second kappa shape index (κ2) is 7.45. The first-order valence-corrected chi connectivity index (χ1v) is 8.96. The van der Waals surface area contributed by atoms with Gasteiger partial charge in [0, 0.05) is 12.7 Å². The Morgan fingerprint density at radius 2 is 1.67 bits per heavy atom. The molecule has 1 aromatic heterocycles. The van der Waals surface area contributed by atoms with Gasteiger partial charge in [0.15, 0.2) is 0 Å². The van der Waals surface area contributed by atoms with E-state index in [0.29, 0.717) is 13.1 Å². The number of rotatable bonds is 3. The molecule has 0 radical (unpaired) electrons. The number of benzene rings is 2. The largest absolute Gasteiger partial charge is 0.368 e. The molecule has 0 bridgehead atoms. The number of amides is 2. The zero-order valence-electron chi connectivity index (χ0n) is 14.9. The maximum Gasteiger partial charge on any atom is 0.318 e. The number of hydrogen-bond acceptors (Lipinski definition) is 4. The molecule has 2 aromatic carbocycles. The molecule has 0 spiro atoms. The third kappa shape index (κ3) is 3.74. The maximum absolute atomic E-state index is 13.0. The van der Waals surface area contributed by atoms with Crippen molar-refractivity contribution in [2.75, 3.05) is 12.3 Å². The molecule has 27 heavy (non-hydrogen) atoms. The number of carbonyl (C=O) groups is 1. The second-order valence-corrected chi connectivity index (χ2v) is 6.58. The van der Waals surface area contributed by atoms with Gasteiger partial charge in [-0.1, -0.05) is 60.7 Å². The normalized spacial score (nSPS) is 13.3. The summed E-state index contributed by atoms with van der Waals surface area (Å²) < 4.78 is 0. The number of nitrogens with one attached hydrogen (secondary N) is 1. The van der Waals surface area contributed by atoms with Gasteiger partial charge in [-0.3, -0.25) is 0 Å². The summed E-state index contributed by atoms with van der Waals surface area (Å²) in [4.78, 5) is 23.1. The predicted octanol–water partition coefficient (Wildman–Crippen LogP) is 2.92. The Morgan fingerprint density at radius 1 is 1.04 bits per heavy atom. The van der Waals surface area contributed by atoms with Crippen molar-refractivity contribution in [3.63, 3.8) is 0 Å². The van der Waals surface area contributed by atoms with Gasteiger partial charge in [0.2, 0.25) is 5.95 Å². The lowest BCUT2D eigenvalue weighted by atomic mass is 9.99. The fourth-order valence-corrected chi connectivity index (χ4v) is 3.36. The van der Waals surface area contributed by atoms with Crippen LogP contribution in [0.3, 0.4) is 0 Å². The molecule has 0 unspecified atom stereocenters. The molecule has 2 amide bonds. The zero-order valence-corrected chi connectivity index (χ0v) is 14.9. The van der Waals surface area contributed by atoms with Gasteiger partial charge in [0.05, 0.1) is 18.3 Å². The molecule has 1 aliphatic rings. The highest BCUT2D eigenvalue weighted by atomic mass is 16.2. The number of nitrogen functional groups attached to an aromatic ring is 1. The minimum Gasteiger partial charge on any atom is -0.368 e. The van der Waals surface area contributed by atoms with Gasteiger partial charge in [-0.05, 0) is 23.1 Å². The summed E-state index contributed by atoms with van der Waals surface area (Å²) in [7, 11) is 0. The van der Waals surface area contributed by atoms with Crippen molar-refractivity contribution in [3.8, 4) is 0 Å². The van der Waals surface area contributed by atoms with E-state index >= 15 is 0 Å². The van der Waals surface area contributed by atoms with Gasteiger partial charge < -0.3 is 16.0 Å². The number of carbonyl (C=O) groups excluding carboxylic acids is 1. The summed E-state index contributed by atoms with van der Waals surface area (Å²) in [6, 6.07) is 19.6. The lowest BCUT2D eigenvalue weighted by Crippen LogP contribution is -2.44. The van der Waals surface area contributed by atoms with Crippen LogP contribution in [0.2, 0.25) is 0 Å². The Morgan fingerprint density at radius 3 is 2.30 bits per heavy atom. The first kappa shape index (κ1) is 17.0. The molecule has 0 aliphatic carbocycles. The zero-order chi connectivity index (χ0) is 18.6. The third-order valence-corrected chi connectivity index (χ3v) is 4.79. The van der Waals surface area contributed by atoms with Crippen LogP contribution in [0, 0.1) is 0 Å². The second-order valence-electron chi connectivity index (χ2n) is 6.58. The predicted molar refractivity (Wildman–Crippen MR) is 104 cm³/mol. The smallest absolute Gasteiger partial charge is 0.318 e. The highest BCUT2D eigenvalue weighted by Gasteiger charge is 2.25. The number of urea groups is 1. The average Bonchev–Trinajstić information content (AvgIpc) is 2.72. The Kier molecular flexibility index (Phi) is 4.70. The molecule has 3 aromatic rings. The van der Waals surface area contributed by atoms with Gasteiger partial charge in [0.25, 0.3) is 0 Å². The summed E-state index contributed by atoms with van der Waals surface area (Å²) in [6.07, 6.45) is 2.48. The minimum atomic E-state index is -0.211. The quantitative estimate of drug-likeness (QED) is 0.753. The van der Waals surface area contributed by atoms with Gasteiger partial charge in [-0.25, -0.2) is 14.8 Å². The van der Waals surface area contributed by atoms with Gasteiger partial charge >= 0.3 is 6.03 Å². The van der Waals surface area contributed by atoms with E-state index in [2.05, 4.69) is 15.3 Å². The molecule has 1 aliphatic heterocycles. The fraction of sp³-hybridized carbons (Fsp3) is 0.190. The van der Waals surface area contributed by atoms with Crippen molar-refractivity contribution in [2.24, 2.45) is 0 Å². The molecule has 0 atom stereocenters. The summed E-state index contributed by atoms with van der Waals surface area (Å²) >= 11 is 0. The average molecular weight is 359 g/mol. The van der Waals surface area contributed by atoms with Gasteiger partial charge in [0.1, 0.15) is 0 Å². The van der Waals surface area contributed by atoms with Crippen LogP contribution in [0.15, 0.2) is 66.9 Å². The van der Waals surface area contributed by atoms with Crippen LogP contribution in [-0.2, 0) is 13.0 Å². The van der Waals surface area contributed by atoms with Crippen molar-refractivity contribution in [1.29, 1.82) is 0 Å². The molecule has 0 saturated heterocycles. The van der Waals surface area contributed by atoms with Crippen LogP contribution in [-0.4, -0.2) is 27.4 Å². The molecular weight excluding hydrogens is 338 g/mol. The Labute approximate surface area is 158 Å². The van der Waals surface area contributed by atoms with Crippen molar-refractivity contribution >= 4 is 12.0 Å². The minimum absolute atomic E-state index is 0.115. The lowest BCUT2D eigenvalue weighted by Gasteiger charge is -2.30. The van der Waals surface area contributed by atoms with Crippen molar-refractivity contribution in [2.45, 2.75) is 19.0 Å². The maximum atomic E-state index is 13.0. The topological polar surface area (TPSA) is 84.1 Å². The number of anilines is 1. The van der Waals surface area contributed by atoms with Crippen molar-refractivity contribution in [1.82, 2.24) is 20.2 Å². The van der Waals surface area contributed by atoms with E-state index in [1.807, 2.05) is 60.7 Å². The third-order valence-electron chi connectivity index (χ3n) is 4.79. The standard InChI is InChI=1S/C21H21N5O/c22-20-23-13-17-11-12-26(14-18(17)24-20)21(27)25-19(15-7-3-1-4-8-15)16-9-5-2-6-10-16/h1-10,13,19H,11-12,14H2,(H,25,27)(H2,22,23,24). The number of aromatic nitrogens is 2. The molecule has 2 heterocycles. The number of hydrogen-bond donors (Lipinski definition) is 2. The Hall–Kier alpha value is -3.41. The highest BCUT2D eigenvalue weighted by molar-refractivity contribution is 5.75. The number of nitrogens with zero attached hydrogens (tertiary/aromatic N) is 3. The van der Waals surface area contributed by atoms with Crippen LogP contribution in [0.25, 0.3) is 0 Å². The van der Waals surface area contributed by atoms with E-state index in [0.717, 1.165) is 28.8 Å². The monoisotopic (exact) mass is 359 g/mol. The molecular formula is C21H21N5O. The highest BCUT2D eigenvalue weighted by Crippen LogP contribution is 2.23. The number of fused-ring (bicyclic) bond motifs is 1.